The highest BCUT2D eigenvalue weighted by atomic mass is 35.5. The van der Waals surface area contributed by atoms with Gasteiger partial charge in [-0.2, -0.15) is 0 Å². The molecule has 0 bridgehead atoms. The normalized spacial score (nSPS) is 10.8. The van der Waals surface area contributed by atoms with Crippen molar-refractivity contribution in [3.63, 3.8) is 0 Å². The number of aromatic nitrogens is 2. The first-order chi connectivity index (χ1) is 9.88. The number of aryl methyl sites for hydroxylation is 1. The van der Waals surface area contributed by atoms with E-state index >= 15 is 0 Å². The van der Waals surface area contributed by atoms with Gasteiger partial charge in [0.25, 0.3) is 5.91 Å². The molecule has 1 heterocycles. The molecule has 1 aromatic heterocycles. The van der Waals surface area contributed by atoms with Gasteiger partial charge >= 0.3 is 0 Å². The van der Waals surface area contributed by atoms with Gasteiger partial charge in [0.05, 0.1) is 21.3 Å². The summed E-state index contributed by atoms with van der Waals surface area (Å²) < 4.78 is 0. The van der Waals surface area contributed by atoms with E-state index in [9.17, 15) is 4.79 Å². The molecular weight excluding hydrogens is 309 g/mol. The second kappa shape index (κ2) is 6.41. The van der Waals surface area contributed by atoms with Crippen molar-refractivity contribution in [3.8, 4) is 0 Å². The van der Waals surface area contributed by atoms with Crippen LogP contribution in [0.25, 0.3) is 0 Å². The van der Waals surface area contributed by atoms with Gasteiger partial charge in [-0.1, -0.05) is 37.0 Å². The smallest absolute Gasteiger partial charge is 0.259 e. The zero-order valence-electron chi connectivity index (χ0n) is 11.9. The highest BCUT2D eigenvalue weighted by Crippen LogP contribution is 2.25. The molecule has 0 spiro atoms. The summed E-state index contributed by atoms with van der Waals surface area (Å²) in [5.74, 6) is 0.663. The van der Waals surface area contributed by atoms with Crippen LogP contribution >= 0.6 is 23.2 Å². The van der Waals surface area contributed by atoms with E-state index in [0.717, 1.165) is 5.82 Å². The second-order valence-electron chi connectivity index (χ2n) is 4.96. The fraction of sp³-hybridized carbons (Fsp3) is 0.267. The van der Waals surface area contributed by atoms with Gasteiger partial charge in [-0.3, -0.25) is 4.79 Å². The van der Waals surface area contributed by atoms with Crippen molar-refractivity contribution in [1.29, 1.82) is 0 Å². The number of halogens is 2. The first kappa shape index (κ1) is 15.7. The molecule has 0 fully saturated rings. The Morgan fingerprint density at radius 2 is 1.95 bits per heavy atom. The van der Waals surface area contributed by atoms with Crippen molar-refractivity contribution in [3.05, 3.63) is 51.5 Å². The fourth-order valence-electron chi connectivity index (χ4n) is 1.76. The lowest BCUT2D eigenvalue weighted by Gasteiger charge is -2.10. The van der Waals surface area contributed by atoms with E-state index in [1.54, 1.807) is 31.3 Å². The van der Waals surface area contributed by atoms with Crippen LogP contribution < -0.4 is 5.32 Å². The molecule has 1 N–H and O–H groups in total. The predicted molar refractivity (Wildman–Crippen MR) is 85.3 cm³/mol. The molecule has 110 valence electrons. The van der Waals surface area contributed by atoms with Crippen molar-refractivity contribution in [1.82, 2.24) is 9.97 Å². The average molecular weight is 324 g/mol. The molecule has 4 nitrogen and oxygen atoms in total. The molecule has 2 rings (SSSR count). The number of nitrogens with one attached hydrogen (secondary N) is 1. The average Bonchev–Trinajstić information content (AvgIpc) is 2.42. The Kier molecular flexibility index (Phi) is 4.80. The van der Waals surface area contributed by atoms with Crippen molar-refractivity contribution in [2.24, 2.45) is 0 Å². The molecule has 6 heteroatoms. The van der Waals surface area contributed by atoms with Crippen molar-refractivity contribution in [2.45, 2.75) is 26.7 Å². The Balaban J connectivity index is 2.22. The topological polar surface area (TPSA) is 54.9 Å². The molecule has 2 aromatic rings. The van der Waals surface area contributed by atoms with E-state index in [2.05, 4.69) is 15.3 Å². The number of hydrogen-bond donors (Lipinski definition) is 1. The number of rotatable bonds is 3. The van der Waals surface area contributed by atoms with E-state index in [-0.39, 0.29) is 11.8 Å². The summed E-state index contributed by atoms with van der Waals surface area (Å²) in [7, 11) is 0. The SMILES string of the molecule is Cc1nc(C(C)C)ncc1C(=O)Nc1ccc(Cl)c(Cl)c1. The quantitative estimate of drug-likeness (QED) is 0.906. The van der Waals surface area contributed by atoms with Crippen LogP contribution in [0.4, 0.5) is 5.69 Å². The molecular formula is C15H15Cl2N3O. The first-order valence-corrected chi connectivity index (χ1v) is 7.24. The van der Waals surface area contributed by atoms with Crippen molar-refractivity contribution in [2.75, 3.05) is 5.32 Å². The Morgan fingerprint density at radius 3 is 2.52 bits per heavy atom. The van der Waals surface area contributed by atoms with Crippen LogP contribution in [0.15, 0.2) is 24.4 Å². The molecule has 1 aromatic carbocycles. The van der Waals surface area contributed by atoms with Gasteiger partial charge < -0.3 is 5.32 Å². The number of benzene rings is 1. The van der Waals surface area contributed by atoms with Crippen LogP contribution in [0, 0.1) is 6.92 Å². The van der Waals surface area contributed by atoms with Gasteiger partial charge in [0.15, 0.2) is 0 Å². The minimum atomic E-state index is -0.277. The summed E-state index contributed by atoms with van der Waals surface area (Å²) in [4.78, 5) is 20.8. The van der Waals surface area contributed by atoms with E-state index in [4.69, 9.17) is 23.2 Å². The van der Waals surface area contributed by atoms with Crippen LogP contribution in [0.1, 0.15) is 41.6 Å². The monoisotopic (exact) mass is 323 g/mol. The molecule has 21 heavy (non-hydrogen) atoms. The van der Waals surface area contributed by atoms with Crippen LogP contribution in [0.5, 0.6) is 0 Å². The van der Waals surface area contributed by atoms with Crippen LogP contribution in [-0.4, -0.2) is 15.9 Å². The Hall–Kier alpha value is -1.65. The summed E-state index contributed by atoms with van der Waals surface area (Å²) in [5, 5.41) is 3.58. The minimum Gasteiger partial charge on any atom is -0.322 e. The molecule has 0 aliphatic carbocycles. The number of carbonyl (C=O) groups excluding carboxylic acids is 1. The maximum Gasteiger partial charge on any atom is 0.259 e. The Labute approximate surface area is 133 Å². The Morgan fingerprint density at radius 1 is 1.24 bits per heavy atom. The molecule has 0 atom stereocenters. The third-order valence-electron chi connectivity index (χ3n) is 2.94. The third kappa shape index (κ3) is 3.71. The van der Waals surface area contributed by atoms with Gasteiger partial charge in [-0.25, -0.2) is 9.97 Å². The van der Waals surface area contributed by atoms with Gasteiger partial charge in [0.1, 0.15) is 5.82 Å². The van der Waals surface area contributed by atoms with Gasteiger partial charge in [-0.15, -0.1) is 0 Å². The van der Waals surface area contributed by atoms with E-state index < -0.39 is 0 Å². The van der Waals surface area contributed by atoms with Crippen LogP contribution in [-0.2, 0) is 0 Å². The van der Waals surface area contributed by atoms with Crippen LogP contribution in [0.3, 0.4) is 0 Å². The Bertz CT molecular complexity index is 687. The van der Waals surface area contributed by atoms with Crippen molar-refractivity contribution >= 4 is 34.8 Å². The molecule has 0 unspecified atom stereocenters. The number of carbonyl (C=O) groups is 1. The number of anilines is 1. The molecule has 0 saturated heterocycles. The standard InChI is InChI=1S/C15H15Cl2N3O/c1-8(2)14-18-7-11(9(3)19-14)15(21)20-10-4-5-12(16)13(17)6-10/h4-8H,1-3H3,(H,20,21). The maximum absolute atomic E-state index is 12.2. The van der Waals surface area contributed by atoms with Crippen LogP contribution in [0.2, 0.25) is 10.0 Å². The van der Waals surface area contributed by atoms with Gasteiger partial charge in [-0.05, 0) is 25.1 Å². The fourth-order valence-corrected chi connectivity index (χ4v) is 2.06. The number of hydrogen-bond acceptors (Lipinski definition) is 3. The van der Waals surface area contributed by atoms with Crippen molar-refractivity contribution < 1.29 is 4.79 Å². The summed E-state index contributed by atoms with van der Waals surface area (Å²) in [5.41, 5.74) is 1.65. The van der Waals surface area contributed by atoms with E-state index in [1.807, 2.05) is 13.8 Å². The summed E-state index contributed by atoms with van der Waals surface area (Å²) in [6.45, 7) is 5.80. The first-order valence-electron chi connectivity index (χ1n) is 6.48. The van der Waals surface area contributed by atoms with Gasteiger partial charge in [0.2, 0.25) is 0 Å². The summed E-state index contributed by atoms with van der Waals surface area (Å²) in [6.07, 6.45) is 1.55. The van der Waals surface area contributed by atoms with Gasteiger partial charge in [0, 0.05) is 17.8 Å². The predicted octanol–water partition coefficient (Wildman–Crippen LogP) is 4.47. The maximum atomic E-state index is 12.2. The lowest BCUT2D eigenvalue weighted by atomic mass is 10.1. The van der Waals surface area contributed by atoms with E-state index in [1.165, 1.54) is 0 Å². The summed E-state index contributed by atoms with van der Waals surface area (Å²) >= 11 is 11.8. The molecule has 1 amide bonds. The highest BCUT2D eigenvalue weighted by Gasteiger charge is 2.13. The number of nitrogens with zero attached hydrogens (tertiary/aromatic N) is 2. The lowest BCUT2D eigenvalue weighted by molar-refractivity contribution is 0.102. The number of amides is 1. The molecule has 0 aliphatic rings. The second-order valence-corrected chi connectivity index (χ2v) is 5.78. The highest BCUT2D eigenvalue weighted by molar-refractivity contribution is 6.42. The summed E-state index contributed by atoms with van der Waals surface area (Å²) in [6, 6.07) is 4.91. The third-order valence-corrected chi connectivity index (χ3v) is 3.68. The largest absolute Gasteiger partial charge is 0.322 e. The van der Waals surface area contributed by atoms with E-state index in [0.29, 0.717) is 27.0 Å². The minimum absolute atomic E-state index is 0.218. The molecule has 0 radical (unpaired) electrons. The zero-order valence-corrected chi connectivity index (χ0v) is 13.5. The molecule has 0 aliphatic heterocycles. The molecule has 0 saturated carbocycles. The lowest BCUT2D eigenvalue weighted by Crippen LogP contribution is -2.15. The zero-order chi connectivity index (χ0) is 15.6.